The molecule has 2 heterocycles. The summed E-state index contributed by atoms with van der Waals surface area (Å²) in [4.78, 5) is 25.4. The highest BCUT2D eigenvalue weighted by atomic mass is 32.2. The van der Waals surface area contributed by atoms with Crippen LogP contribution in [0.25, 0.3) is 0 Å². The minimum Gasteiger partial charge on any atom is -0.326 e. The first-order valence-corrected chi connectivity index (χ1v) is 14.4. The number of nitriles is 1. The number of carbonyl (C=O) groups excluding carboxylic acids is 1. The van der Waals surface area contributed by atoms with Crippen molar-refractivity contribution < 1.29 is 13.2 Å². The topological polar surface area (TPSA) is 138 Å². The summed E-state index contributed by atoms with van der Waals surface area (Å²) in [5.41, 5.74) is 4.55. The van der Waals surface area contributed by atoms with Gasteiger partial charge < -0.3 is 5.32 Å². The zero-order chi connectivity index (χ0) is 26.6. The summed E-state index contributed by atoms with van der Waals surface area (Å²) in [5.74, 6) is 0.861. The summed E-state index contributed by atoms with van der Waals surface area (Å²) in [6, 6.07) is 11.8. The van der Waals surface area contributed by atoms with Crippen LogP contribution in [0.15, 0.2) is 46.3 Å². The number of pyridine rings is 1. The Kier molecular flexibility index (Phi) is 8.10. The molecule has 2 N–H and O–H groups in total. The van der Waals surface area contributed by atoms with Crippen molar-refractivity contribution in [3.63, 3.8) is 0 Å². The number of thioether (sulfide) groups is 1. The van der Waals surface area contributed by atoms with Crippen LogP contribution in [0, 0.1) is 31.1 Å². The summed E-state index contributed by atoms with van der Waals surface area (Å²) in [6.07, 6.45) is 3.17. The largest absolute Gasteiger partial charge is 0.326 e. The van der Waals surface area contributed by atoms with Gasteiger partial charge in [-0.1, -0.05) is 6.92 Å². The number of benzene rings is 1. The Balaban J connectivity index is 1.32. The van der Waals surface area contributed by atoms with Gasteiger partial charge in [0, 0.05) is 34.9 Å². The van der Waals surface area contributed by atoms with Gasteiger partial charge in [0.2, 0.25) is 11.9 Å². The minimum atomic E-state index is -3.88. The van der Waals surface area contributed by atoms with Crippen molar-refractivity contribution in [2.75, 3.05) is 15.8 Å². The number of rotatable bonds is 8. The highest BCUT2D eigenvalue weighted by Crippen LogP contribution is 2.29. The molecule has 0 fully saturated rings. The maximum Gasteiger partial charge on any atom is 0.264 e. The van der Waals surface area contributed by atoms with Gasteiger partial charge in [0.1, 0.15) is 11.1 Å². The van der Waals surface area contributed by atoms with Crippen LogP contribution in [0.4, 0.5) is 11.6 Å². The van der Waals surface area contributed by atoms with Gasteiger partial charge in [0.05, 0.1) is 10.5 Å². The first-order valence-electron chi connectivity index (χ1n) is 11.9. The van der Waals surface area contributed by atoms with Crippen LogP contribution < -0.4 is 10.0 Å². The number of fused-ring (bicyclic) bond motifs is 1. The Labute approximate surface area is 221 Å². The average molecular weight is 537 g/mol. The van der Waals surface area contributed by atoms with E-state index in [4.69, 9.17) is 4.98 Å². The molecule has 11 heteroatoms. The predicted molar refractivity (Wildman–Crippen MR) is 143 cm³/mol. The number of amides is 1. The molecule has 1 unspecified atom stereocenters. The summed E-state index contributed by atoms with van der Waals surface area (Å²) >= 11 is 1.40. The third-order valence-corrected chi connectivity index (χ3v) is 8.28. The first kappa shape index (κ1) is 26.6. The highest BCUT2D eigenvalue weighted by Gasteiger charge is 2.20. The van der Waals surface area contributed by atoms with Crippen molar-refractivity contribution in [2.45, 2.75) is 56.4 Å². The fourth-order valence-corrected chi connectivity index (χ4v) is 6.01. The van der Waals surface area contributed by atoms with Crippen LogP contribution >= 0.6 is 11.8 Å². The molecule has 37 heavy (non-hydrogen) atoms. The number of carbonyl (C=O) groups is 1. The predicted octanol–water partition coefficient (Wildman–Crippen LogP) is 4.41. The van der Waals surface area contributed by atoms with Gasteiger partial charge in [0.15, 0.2) is 0 Å². The van der Waals surface area contributed by atoms with Crippen molar-refractivity contribution in [1.29, 1.82) is 5.26 Å². The summed E-state index contributed by atoms with van der Waals surface area (Å²) in [5, 5.41) is 13.0. The molecule has 0 saturated carbocycles. The van der Waals surface area contributed by atoms with E-state index < -0.39 is 10.0 Å². The molecule has 1 aliphatic rings. The zero-order valence-electron chi connectivity index (χ0n) is 20.9. The van der Waals surface area contributed by atoms with Crippen LogP contribution in [-0.4, -0.2) is 35.0 Å². The van der Waals surface area contributed by atoms with Crippen LogP contribution in [0.1, 0.15) is 48.0 Å². The van der Waals surface area contributed by atoms with E-state index >= 15 is 0 Å². The number of nitrogens with zero attached hydrogens (tertiary/aromatic N) is 4. The van der Waals surface area contributed by atoms with E-state index in [1.807, 2.05) is 6.07 Å². The van der Waals surface area contributed by atoms with Crippen LogP contribution in [0.2, 0.25) is 0 Å². The van der Waals surface area contributed by atoms with Gasteiger partial charge >= 0.3 is 0 Å². The number of sulfonamides is 1. The standard InChI is InChI=1S/C26H28N6O3S2/c1-16-4-9-23-19(12-16)14-20(15-27)25(31-23)36-11-10-24(33)30-21-5-7-22(8-6-21)37(34,35)32-26-28-17(2)13-18(3)29-26/h5-8,13-14,16H,4,9-12H2,1-3H3,(H,30,33)(H,28,29,32). The molecule has 9 nitrogen and oxygen atoms in total. The van der Waals surface area contributed by atoms with Crippen molar-refractivity contribution >= 4 is 39.3 Å². The SMILES string of the molecule is Cc1cc(C)nc(NS(=O)(=O)c2ccc(NC(=O)CCSc3nc4c(cc3C#N)CC(C)CC4)cc2)n1. The number of aryl methyl sites for hydroxylation is 3. The van der Waals surface area contributed by atoms with Gasteiger partial charge in [-0.3, -0.25) is 4.79 Å². The third-order valence-electron chi connectivity index (χ3n) is 5.94. The van der Waals surface area contributed by atoms with E-state index in [0.717, 1.165) is 30.5 Å². The lowest BCUT2D eigenvalue weighted by atomic mass is 9.87. The van der Waals surface area contributed by atoms with Crippen molar-refractivity contribution in [3.05, 3.63) is 64.6 Å². The molecule has 1 atom stereocenters. The molecule has 0 aliphatic heterocycles. The fourth-order valence-electron chi connectivity index (χ4n) is 4.15. The molecule has 192 valence electrons. The number of hydrogen-bond acceptors (Lipinski definition) is 8. The number of hydrogen-bond donors (Lipinski definition) is 2. The molecule has 4 rings (SSSR count). The molecular weight excluding hydrogens is 508 g/mol. The quantitative estimate of drug-likeness (QED) is 0.404. The lowest BCUT2D eigenvalue weighted by Gasteiger charge is -2.21. The minimum absolute atomic E-state index is 0.00918. The Hall–Kier alpha value is -3.49. The lowest BCUT2D eigenvalue weighted by molar-refractivity contribution is -0.115. The van der Waals surface area contributed by atoms with Crippen molar-refractivity contribution in [2.24, 2.45) is 5.92 Å². The molecular formula is C26H28N6O3S2. The second kappa shape index (κ2) is 11.3. The van der Waals surface area contributed by atoms with E-state index in [9.17, 15) is 18.5 Å². The molecule has 3 aromatic rings. The van der Waals surface area contributed by atoms with Crippen molar-refractivity contribution in [1.82, 2.24) is 15.0 Å². The zero-order valence-corrected chi connectivity index (χ0v) is 22.5. The Morgan fingerprint density at radius 2 is 1.84 bits per heavy atom. The van der Waals surface area contributed by atoms with Gasteiger partial charge in [-0.25, -0.2) is 28.1 Å². The number of anilines is 2. The highest BCUT2D eigenvalue weighted by molar-refractivity contribution is 7.99. The molecule has 1 amide bonds. The normalized spacial score (nSPS) is 14.9. The summed E-state index contributed by atoms with van der Waals surface area (Å²) in [7, 11) is -3.88. The molecule has 0 spiro atoms. The lowest BCUT2D eigenvalue weighted by Crippen LogP contribution is -2.16. The first-order chi connectivity index (χ1) is 17.6. The van der Waals surface area contributed by atoms with E-state index in [2.05, 4.69) is 33.0 Å². The Morgan fingerprint density at radius 3 is 2.51 bits per heavy atom. The van der Waals surface area contributed by atoms with E-state index in [-0.39, 0.29) is 23.2 Å². The molecule has 1 aromatic carbocycles. The number of aromatic nitrogens is 3. The second-order valence-electron chi connectivity index (χ2n) is 9.16. The maximum absolute atomic E-state index is 12.7. The maximum atomic E-state index is 12.7. The Morgan fingerprint density at radius 1 is 1.14 bits per heavy atom. The molecule has 2 aromatic heterocycles. The van der Waals surface area contributed by atoms with E-state index in [1.54, 1.807) is 19.9 Å². The van der Waals surface area contributed by atoms with Crippen LogP contribution in [-0.2, 0) is 27.7 Å². The van der Waals surface area contributed by atoms with Gasteiger partial charge in [-0.05, 0) is 81.0 Å². The molecule has 0 radical (unpaired) electrons. The monoisotopic (exact) mass is 536 g/mol. The van der Waals surface area contributed by atoms with Gasteiger partial charge in [0.25, 0.3) is 10.0 Å². The second-order valence-corrected chi connectivity index (χ2v) is 11.9. The van der Waals surface area contributed by atoms with Crippen molar-refractivity contribution in [3.8, 4) is 6.07 Å². The molecule has 0 bridgehead atoms. The van der Waals surface area contributed by atoms with Gasteiger partial charge in [-0.15, -0.1) is 11.8 Å². The summed E-state index contributed by atoms with van der Waals surface area (Å²) < 4.78 is 27.7. The fraction of sp³-hybridized carbons (Fsp3) is 0.346. The van der Waals surface area contributed by atoms with E-state index in [1.165, 1.54) is 36.0 Å². The third kappa shape index (κ3) is 6.84. The molecule has 0 saturated heterocycles. The smallest absolute Gasteiger partial charge is 0.264 e. The van der Waals surface area contributed by atoms with Crippen LogP contribution in [0.5, 0.6) is 0 Å². The Bertz CT molecular complexity index is 1450. The molecule has 1 aliphatic carbocycles. The van der Waals surface area contributed by atoms with Gasteiger partial charge in [-0.2, -0.15) is 5.26 Å². The van der Waals surface area contributed by atoms with E-state index in [0.29, 0.717) is 39.3 Å². The average Bonchev–Trinajstić information content (AvgIpc) is 2.83. The number of nitrogens with one attached hydrogen (secondary N) is 2. The summed E-state index contributed by atoms with van der Waals surface area (Å²) in [6.45, 7) is 5.73. The van der Waals surface area contributed by atoms with Crippen LogP contribution in [0.3, 0.4) is 0 Å².